The van der Waals surface area contributed by atoms with Crippen LogP contribution in [-0.4, -0.2) is 36.5 Å². The lowest BCUT2D eigenvalue weighted by atomic mass is 10.1. The van der Waals surface area contributed by atoms with Crippen molar-refractivity contribution < 1.29 is 9.72 Å². The molecule has 0 aliphatic carbocycles. The average molecular weight is 264 g/mol. The number of nitro benzene ring substituents is 1. The quantitative estimate of drug-likeness (QED) is 0.595. The lowest BCUT2D eigenvalue weighted by Gasteiger charge is -2.38. The van der Waals surface area contributed by atoms with Crippen LogP contribution in [0.25, 0.3) is 0 Å². The normalized spacial score (nSPS) is 14.8. The van der Waals surface area contributed by atoms with E-state index in [-0.39, 0.29) is 17.3 Å². The van der Waals surface area contributed by atoms with Gasteiger partial charge in [0, 0.05) is 31.3 Å². The molecule has 1 aromatic rings. The van der Waals surface area contributed by atoms with E-state index in [1.807, 2.05) is 11.8 Å². The standard InChI is InChI=1S/C12H16N4O3/c1-2-15(9-6-14-7-9)11-5-8(12(13)17)3-4-10(11)16(18)19/h3-5,9,14H,2,6-7H2,1H3,(H2,13,17). The van der Waals surface area contributed by atoms with E-state index in [2.05, 4.69) is 5.32 Å². The SMILES string of the molecule is CCN(c1cc(C(N)=O)ccc1[N+](=O)[O-])C1CNC1. The first-order chi connectivity index (χ1) is 9.04. The molecule has 0 spiro atoms. The molecule has 0 unspecified atom stereocenters. The Balaban J connectivity index is 2.46. The zero-order valence-corrected chi connectivity index (χ0v) is 10.6. The average Bonchev–Trinajstić information content (AvgIpc) is 2.32. The molecule has 0 atom stereocenters. The first-order valence-corrected chi connectivity index (χ1v) is 6.10. The van der Waals surface area contributed by atoms with Gasteiger partial charge in [-0.1, -0.05) is 0 Å². The Hall–Kier alpha value is -2.15. The van der Waals surface area contributed by atoms with Gasteiger partial charge in [-0.2, -0.15) is 0 Å². The maximum Gasteiger partial charge on any atom is 0.292 e. The lowest BCUT2D eigenvalue weighted by molar-refractivity contribution is -0.384. The fourth-order valence-corrected chi connectivity index (χ4v) is 2.18. The smallest absolute Gasteiger partial charge is 0.292 e. The second-order valence-corrected chi connectivity index (χ2v) is 4.42. The number of primary amides is 1. The zero-order valence-electron chi connectivity index (χ0n) is 10.6. The van der Waals surface area contributed by atoms with Gasteiger partial charge in [-0.25, -0.2) is 0 Å². The number of carbonyl (C=O) groups excluding carboxylic acids is 1. The monoisotopic (exact) mass is 264 g/mol. The van der Waals surface area contributed by atoms with Gasteiger partial charge in [-0.3, -0.25) is 14.9 Å². The van der Waals surface area contributed by atoms with Gasteiger partial charge >= 0.3 is 0 Å². The first kappa shape index (κ1) is 13.3. The van der Waals surface area contributed by atoms with Crippen molar-refractivity contribution in [2.45, 2.75) is 13.0 Å². The molecule has 7 nitrogen and oxygen atoms in total. The first-order valence-electron chi connectivity index (χ1n) is 6.10. The number of benzene rings is 1. The van der Waals surface area contributed by atoms with Crippen LogP contribution < -0.4 is 16.0 Å². The van der Waals surface area contributed by atoms with Gasteiger partial charge in [0.2, 0.25) is 5.91 Å². The van der Waals surface area contributed by atoms with Gasteiger partial charge in [-0.05, 0) is 19.1 Å². The van der Waals surface area contributed by atoms with Crippen LogP contribution in [-0.2, 0) is 0 Å². The second kappa shape index (κ2) is 5.23. The van der Waals surface area contributed by atoms with Crippen LogP contribution in [0.4, 0.5) is 11.4 Å². The van der Waals surface area contributed by atoms with Gasteiger partial charge < -0.3 is 16.0 Å². The number of hydrogen-bond acceptors (Lipinski definition) is 5. The predicted octanol–water partition coefficient (Wildman–Crippen LogP) is 0.492. The van der Waals surface area contributed by atoms with E-state index in [0.29, 0.717) is 12.2 Å². The topological polar surface area (TPSA) is 102 Å². The second-order valence-electron chi connectivity index (χ2n) is 4.42. The van der Waals surface area contributed by atoms with E-state index in [1.54, 1.807) is 0 Å². The van der Waals surface area contributed by atoms with Gasteiger partial charge in [0.1, 0.15) is 5.69 Å². The number of hydrogen-bond donors (Lipinski definition) is 2. The Labute approximate surface area is 110 Å². The van der Waals surface area contributed by atoms with Crippen molar-refractivity contribution in [1.82, 2.24) is 5.32 Å². The molecule has 1 fully saturated rings. The van der Waals surface area contributed by atoms with Crippen molar-refractivity contribution in [3.05, 3.63) is 33.9 Å². The number of rotatable bonds is 5. The number of nitrogens with two attached hydrogens (primary N) is 1. The molecule has 1 aliphatic heterocycles. The molecule has 1 aliphatic rings. The predicted molar refractivity (Wildman–Crippen MR) is 71.3 cm³/mol. The largest absolute Gasteiger partial charge is 0.366 e. The molecule has 102 valence electrons. The number of anilines is 1. The summed E-state index contributed by atoms with van der Waals surface area (Å²) in [6.07, 6.45) is 0. The van der Waals surface area contributed by atoms with Crippen LogP contribution in [0.15, 0.2) is 18.2 Å². The number of carbonyl (C=O) groups is 1. The van der Waals surface area contributed by atoms with Gasteiger partial charge in [-0.15, -0.1) is 0 Å². The molecule has 3 N–H and O–H groups in total. The number of nitrogens with one attached hydrogen (secondary N) is 1. The highest BCUT2D eigenvalue weighted by molar-refractivity contribution is 5.94. The van der Waals surface area contributed by atoms with Crippen LogP contribution in [0.1, 0.15) is 17.3 Å². The molecular formula is C12H16N4O3. The van der Waals surface area contributed by atoms with Crippen molar-refractivity contribution in [3.63, 3.8) is 0 Å². The minimum Gasteiger partial charge on any atom is -0.366 e. The summed E-state index contributed by atoms with van der Waals surface area (Å²) in [5.41, 5.74) is 5.97. The van der Waals surface area contributed by atoms with E-state index in [9.17, 15) is 14.9 Å². The summed E-state index contributed by atoms with van der Waals surface area (Å²) in [6.45, 7) is 4.13. The molecule has 0 radical (unpaired) electrons. The summed E-state index contributed by atoms with van der Waals surface area (Å²) in [7, 11) is 0. The van der Waals surface area contributed by atoms with Crippen molar-refractivity contribution in [2.75, 3.05) is 24.5 Å². The van der Waals surface area contributed by atoms with Crippen LogP contribution >= 0.6 is 0 Å². The van der Waals surface area contributed by atoms with Crippen molar-refractivity contribution in [1.29, 1.82) is 0 Å². The lowest BCUT2D eigenvalue weighted by Crippen LogP contribution is -2.57. The minimum absolute atomic E-state index is 0.00116. The molecule has 1 aromatic carbocycles. The van der Waals surface area contributed by atoms with E-state index in [4.69, 9.17) is 5.73 Å². The third-order valence-corrected chi connectivity index (χ3v) is 3.31. The summed E-state index contributed by atoms with van der Waals surface area (Å²) in [6, 6.07) is 4.44. The van der Waals surface area contributed by atoms with Crippen LogP contribution in [0.3, 0.4) is 0 Å². The van der Waals surface area contributed by atoms with E-state index in [1.165, 1.54) is 18.2 Å². The third-order valence-electron chi connectivity index (χ3n) is 3.31. The highest BCUT2D eigenvalue weighted by Gasteiger charge is 2.29. The van der Waals surface area contributed by atoms with E-state index >= 15 is 0 Å². The molecule has 1 amide bonds. The number of amides is 1. The maximum absolute atomic E-state index is 11.2. The number of nitrogens with zero attached hydrogens (tertiary/aromatic N) is 2. The Bertz CT molecular complexity index is 514. The maximum atomic E-state index is 11.2. The van der Waals surface area contributed by atoms with Crippen LogP contribution in [0.2, 0.25) is 0 Å². The summed E-state index contributed by atoms with van der Waals surface area (Å²) in [5.74, 6) is -0.584. The molecule has 7 heteroatoms. The summed E-state index contributed by atoms with van der Waals surface area (Å²) in [5, 5.41) is 14.2. The number of likely N-dealkylation sites (N-methyl/N-ethyl adjacent to an activating group) is 1. The third kappa shape index (κ3) is 2.50. The molecule has 1 saturated heterocycles. The number of nitro groups is 1. The fraction of sp³-hybridized carbons (Fsp3) is 0.417. The Kier molecular flexibility index (Phi) is 3.66. The zero-order chi connectivity index (χ0) is 14.0. The molecule has 1 heterocycles. The summed E-state index contributed by atoms with van der Waals surface area (Å²) >= 11 is 0. The Morgan fingerprint density at radius 2 is 2.26 bits per heavy atom. The van der Waals surface area contributed by atoms with Crippen LogP contribution in [0, 0.1) is 10.1 Å². The Morgan fingerprint density at radius 1 is 1.58 bits per heavy atom. The molecule has 19 heavy (non-hydrogen) atoms. The van der Waals surface area contributed by atoms with Gasteiger partial charge in [0.25, 0.3) is 5.69 Å². The molecule has 0 aromatic heterocycles. The van der Waals surface area contributed by atoms with E-state index < -0.39 is 10.8 Å². The van der Waals surface area contributed by atoms with E-state index in [0.717, 1.165) is 13.1 Å². The highest BCUT2D eigenvalue weighted by atomic mass is 16.6. The molecule has 0 bridgehead atoms. The molecule has 2 rings (SSSR count). The van der Waals surface area contributed by atoms with Crippen molar-refractivity contribution in [3.8, 4) is 0 Å². The summed E-state index contributed by atoms with van der Waals surface area (Å²) < 4.78 is 0. The van der Waals surface area contributed by atoms with Gasteiger partial charge in [0.15, 0.2) is 0 Å². The van der Waals surface area contributed by atoms with Crippen molar-refractivity contribution >= 4 is 17.3 Å². The summed E-state index contributed by atoms with van der Waals surface area (Å²) in [4.78, 5) is 23.8. The fourth-order valence-electron chi connectivity index (χ4n) is 2.18. The Morgan fingerprint density at radius 3 is 2.68 bits per heavy atom. The van der Waals surface area contributed by atoms with Crippen molar-refractivity contribution in [2.24, 2.45) is 5.73 Å². The minimum atomic E-state index is -0.584. The molecule has 0 saturated carbocycles. The van der Waals surface area contributed by atoms with Gasteiger partial charge in [0.05, 0.1) is 11.0 Å². The van der Waals surface area contributed by atoms with Crippen LogP contribution in [0.5, 0.6) is 0 Å². The highest BCUT2D eigenvalue weighted by Crippen LogP contribution is 2.31. The molecular weight excluding hydrogens is 248 g/mol.